The molecule has 0 aliphatic carbocycles. The summed E-state index contributed by atoms with van der Waals surface area (Å²) in [5.74, 6) is 2.84. The summed E-state index contributed by atoms with van der Waals surface area (Å²) >= 11 is 6.10. The van der Waals surface area contributed by atoms with E-state index in [1.807, 2.05) is 24.3 Å². The number of para-hydroxylation sites is 1. The SMILES string of the molecule is CC1CCN(c2cc(Oc3ccccc3Cl)ncn2)CC1. The van der Waals surface area contributed by atoms with Crippen LogP contribution in [0.5, 0.6) is 11.6 Å². The molecule has 0 unspecified atom stereocenters. The number of nitrogens with zero attached hydrogens (tertiary/aromatic N) is 3. The average molecular weight is 304 g/mol. The molecule has 0 N–H and O–H groups in total. The van der Waals surface area contributed by atoms with E-state index in [1.165, 1.54) is 12.8 Å². The molecule has 3 rings (SSSR count). The fourth-order valence-corrected chi connectivity index (χ4v) is 2.61. The van der Waals surface area contributed by atoms with Crippen LogP contribution < -0.4 is 9.64 Å². The minimum Gasteiger partial charge on any atom is -0.437 e. The number of benzene rings is 1. The zero-order valence-corrected chi connectivity index (χ0v) is 12.8. The third-order valence-electron chi connectivity index (χ3n) is 3.79. The maximum absolute atomic E-state index is 6.10. The Bertz CT molecular complexity index is 612. The lowest BCUT2D eigenvalue weighted by atomic mass is 9.99. The molecule has 1 aromatic carbocycles. The van der Waals surface area contributed by atoms with Gasteiger partial charge in [0.05, 0.1) is 5.02 Å². The van der Waals surface area contributed by atoms with E-state index in [1.54, 1.807) is 12.4 Å². The Morgan fingerprint density at radius 2 is 1.95 bits per heavy atom. The van der Waals surface area contributed by atoms with Crippen molar-refractivity contribution in [2.24, 2.45) is 5.92 Å². The molecule has 0 radical (unpaired) electrons. The number of ether oxygens (including phenoxy) is 1. The topological polar surface area (TPSA) is 38.2 Å². The Balaban J connectivity index is 1.76. The molecule has 0 spiro atoms. The second-order valence-electron chi connectivity index (χ2n) is 5.42. The monoisotopic (exact) mass is 303 g/mol. The lowest BCUT2D eigenvalue weighted by Crippen LogP contribution is -2.33. The Morgan fingerprint density at radius 3 is 2.71 bits per heavy atom. The lowest BCUT2D eigenvalue weighted by molar-refractivity contribution is 0.433. The largest absolute Gasteiger partial charge is 0.437 e. The standard InChI is InChI=1S/C16H18ClN3O/c1-12-6-8-20(9-7-12)15-10-16(19-11-18-15)21-14-5-3-2-4-13(14)17/h2-5,10-12H,6-9H2,1H3. The van der Waals surface area contributed by atoms with Gasteiger partial charge in [0.25, 0.3) is 0 Å². The van der Waals surface area contributed by atoms with Crippen LogP contribution >= 0.6 is 11.6 Å². The van der Waals surface area contributed by atoms with Crippen molar-refractivity contribution in [1.82, 2.24) is 9.97 Å². The van der Waals surface area contributed by atoms with Crippen LogP contribution in [0.3, 0.4) is 0 Å². The van der Waals surface area contributed by atoms with Gasteiger partial charge >= 0.3 is 0 Å². The molecular formula is C16H18ClN3O. The Morgan fingerprint density at radius 1 is 1.19 bits per heavy atom. The molecule has 1 aromatic heterocycles. The van der Waals surface area contributed by atoms with Gasteiger partial charge in [-0.05, 0) is 30.9 Å². The van der Waals surface area contributed by atoms with Crippen molar-refractivity contribution < 1.29 is 4.74 Å². The Labute approximate surface area is 129 Å². The molecule has 1 saturated heterocycles. The van der Waals surface area contributed by atoms with E-state index in [-0.39, 0.29) is 0 Å². The lowest BCUT2D eigenvalue weighted by Gasteiger charge is -2.31. The molecular weight excluding hydrogens is 286 g/mol. The summed E-state index contributed by atoms with van der Waals surface area (Å²) in [5.41, 5.74) is 0. The van der Waals surface area contributed by atoms with Gasteiger partial charge in [-0.3, -0.25) is 0 Å². The van der Waals surface area contributed by atoms with Crippen molar-refractivity contribution in [3.8, 4) is 11.6 Å². The first-order chi connectivity index (χ1) is 10.2. The first-order valence-electron chi connectivity index (χ1n) is 7.22. The molecule has 1 aliphatic rings. The van der Waals surface area contributed by atoms with Gasteiger partial charge in [-0.15, -0.1) is 0 Å². The molecule has 2 heterocycles. The van der Waals surface area contributed by atoms with Gasteiger partial charge in [-0.2, -0.15) is 0 Å². The van der Waals surface area contributed by atoms with Crippen molar-refractivity contribution in [3.05, 3.63) is 41.7 Å². The van der Waals surface area contributed by atoms with Crippen LogP contribution in [0.1, 0.15) is 19.8 Å². The molecule has 0 bridgehead atoms. The number of anilines is 1. The fraction of sp³-hybridized carbons (Fsp3) is 0.375. The summed E-state index contributed by atoms with van der Waals surface area (Å²) in [6.07, 6.45) is 3.94. The van der Waals surface area contributed by atoms with E-state index in [0.717, 1.165) is 24.8 Å². The van der Waals surface area contributed by atoms with Crippen molar-refractivity contribution in [2.75, 3.05) is 18.0 Å². The highest BCUT2D eigenvalue weighted by atomic mass is 35.5. The summed E-state index contributed by atoms with van der Waals surface area (Å²) in [7, 11) is 0. The van der Waals surface area contributed by atoms with Crippen molar-refractivity contribution >= 4 is 17.4 Å². The summed E-state index contributed by atoms with van der Waals surface area (Å²) in [6.45, 7) is 4.36. The van der Waals surface area contributed by atoms with Crippen LogP contribution in [0.15, 0.2) is 36.7 Å². The molecule has 2 aromatic rings. The van der Waals surface area contributed by atoms with Gasteiger partial charge in [0.2, 0.25) is 5.88 Å². The average Bonchev–Trinajstić information content (AvgIpc) is 2.51. The van der Waals surface area contributed by atoms with Crippen molar-refractivity contribution in [3.63, 3.8) is 0 Å². The number of hydrogen-bond donors (Lipinski definition) is 0. The minimum absolute atomic E-state index is 0.520. The molecule has 0 amide bonds. The molecule has 0 atom stereocenters. The van der Waals surface area contributed by atoms with Crippen LogP contribution in [0.25, 0.3) is 0 Å². The van der Waals surface area contributed by atoms with Crippen LogP contribution in [-0.2, 0) is 0 Å². The highest BCUT2D eigenvalue weighted by Crippen LogP contribution is 2.29. The molecule has 110 valence electrons. The minimum atomic E-state index is 0.520. The van der Waals surface area contributed by atoms with E-state index in [4.69, 9.17) is 16.3 Å². The number of rotatable bonds is 3. The van der Waals surface area contributed by atoms with E-state index in [9.17, 15) is 0 Å². The first-order valence-corrected chi connectivity index (χ1v) is 7.59. The Hall–Kier alpha value is -1.81. The predicted molar refractivity (Wildman–Crippen MR) is 84.2 cm³/mol. The van der Waals surface area contributed by atoms with E-state index in [2.05, 4.69) is 21.8 Å². The zero-order chi connectivity index (χ0) is 14.7. The zero-order valence-electron chi connectivity index (χ0n) is 12.0. The van der Waals surface area contributed by atoms with E-state index in [0.29, 0.717) is 16.7 Å². The third-order valence-corrected chi connectivity index (χ3v) is 4.10. The van der Waals surface area contributed by atoms with Gasteiger partial charge in [0.15, 0.2) is 0 Å². The van der Waals surface area contributed by atoms with Crippen LogP contribution in [0, 0.1) is 5.92 Å². The molecule has 1 fully saturated rings. The molecule has 4 nitrogen and oxygen atoms in total. The van der Waals surface area contributed by atoms with Crippen LogP contribution in [0.2, 0.25) is 5.02 Å². The maximum Gasteiger partial charge on any atom is 0.224 e. The molecule has 0 saturated carbocycles. The predicted octanol–water partition coefficient (Wildman–Crippen LogP) is 4.16. The number of aromatic nitrogens is 2. The van der Waals surface area contributed by atoms with E-state index >= 15 is 0 Å². The molecule has 1 aliphatic heterocycles. The van der Waals surface area contributed by atoms with E-state index < -0.39 is 0 Å². The normalized spacial score (nSPS) is 16.0. The highest BCUT2D eigenvalue weighted by Gasteiger charge is 2.17. The van der Waals surface area contributed by atoms with Gasteiger partial charge in [-0.1, -0.05) is 30.7 Å². The van der Waals surface area contributed by atoms with Crippen molar-refractivity contribution in [1.29, 1.82) is 0 Å². The maximum atomic E-state index is 6.10. The quantitative estimate of drug-likeness (QED) is 0.853. The molecule has 5 heteroatoms. The summed E-state index contributed by atoms with van der Waals surface area (Å²) < 4.78 is 5.75. The van der Waals surface area contributed by atoms with Gasteiger partial charge < -0.3 is 9.64 Å². The number of halogens is 1. The first kappa shape index (κ1) is 14.1. The number of piperidine rings is 1. The second-order valence-corrected chi connectivity index (χ2v) is 5.82. The Kier molecular flexibility index (Phi) is 4.25. The molecule has 21 heavy (non-hydrogen) atoms. The third kappa shape index (κ3) is 3.45. The van der Waals surface area contributed by atoms with Crippen molar-refractivity contribution in [2.45, 2.75) is 19.8 Å². The van der Waals surface area contributed by atoms with Crippen LogP contribution in [0.4, 0.5) is 5.82 Å². The smallest absolute Gasteiger partial charge is 0.224 e. The summed E-state index contributed by atoms with van der Waals surface area (Å²) in [4.78, 5) is 10.8. The fourth-order valence-electron chi connectivity index (χ4n) is 2.44. The summed E-state index contributed by atoms with van der Waals surface area (Å²) in [5, 5.41) is 0.574. The van der Waals surface area contributed by atoms with Gasteiger partial charge in [-0.25, -0.2) is 9.97 Å². The highest BCUT2D eigenvalue weighted by molar-refractivity contribution is 6.32. The summed E-state index contributed by atoms with van der Waals surface area (Å²) in [6, 6.07) is 9.25. The van der Waals surface area contributed by atoms with Crippen LogP contribution in [-0.4, -0.2) is 23.1 Å². The second kappa shape index (κ2) is 6.31. The van der Waals surface area contributed by atoms with Gasteiger partial charge in [0.1, 0.15) is 17.9 Å². The van der Waals surface area contributed by atoms with Gasteiger partial charge in [0, 0.05) is 19.2 Å². The number of hydrogen-bond acceptors (Lipinski definition) is 4.